The molecule has 0 saturated heterocycles. The van der Waals surface area contributed by atoms with Gasteiger partial charge < -0.3 is 9.84 Å². The largest absolute Gasteiger partial charge is 0.496 e. The Morgan fingerprint density at radius 1 is 1.32 bits per heavy atom. The average Bonchev–Trinajstić information content (AvgIpc) is 2.99. The second kappa shape index (κ2) is 8.14. The number of ether oxygens (including phenoxy) is 1. The highest BCUT2D eigenvalue weighted by atomic mass is 32.1. The number of hydrogen-bond donors (Lipinski definition) is 1. The highest BCUT2D eigenvalue weighted by Crippen LogP contribution is 2.37. The van der Waals surface area contributed by atoms with Gasteiger partial charge in [0.05, 0.1) is 12.5 Å². The van der Waals surface area contributed by atoms with Gasteiger partial charge in [0, 0.05) is 29.8 Å². The molecule has 0 fully saturated rings. The van der Waals surface area contributed by atoms with Gasteiger partial charge in [0.1, 0.15) is 16.4 Å². The van der Waals surface area contributed by atoms with Crippen LogP contribution in [-0.4, -0.2) is 27.7 Å². The number of nitrogens with zero attached hydrogens (tertiary/aromatic N) is 2. The number of hydrogen-bond acceptors (Lipinski definition) is 5. The third-order valence-corrected chi connectivity index (χ3v) is 5.84. The predicted octanol–water partition coefficient (Wildman–Crippen LogP) is 4.18. The van der Waals surface area contributed by atoms with Crippen LogP contribution in [0.15, 0.2) is 23.0 Å². The van der Waals surface area contributed by atoms with Gasteiger partial charge in [-0.15, -0.1) is 11.3 Å². The third kappa shape index (κ3) is 3.67. The van der Waals surface area contributed by atoms with Crippen LogP contribution in [0.1, 0.15) is 36.0 Å². The van der Waals surface area contributed by atoms with E-state index in [9.17, 15) is 9.59 Å². The number of aromatic nitrogens is 2. The highest BCUT2D eigenvalue weighted by Gasteiger charge is 2.20. The summed E-state index contributed by atoms with van der Waals surface area (Å²) in [6.45, 7) is 6.29. The standard InChI is InChI=1S/C21H24N2O4S/c1-5-16-22-20-19(21(26)23(16)10-6-7-17(24)25)18(13(3)28-20)14-8-9-15(27-4)12(2)11-14/h8-9,11H,5-7,10H2,1-4H3,(H,24,25). The number of thiophene rings is 1. The van der Waals surface area contributed by atoms with Crippen LogP contribution < -0.4 is 10.3 Å². The third-order valence-electron chi connectivity index (χ3n) is 4.84. The topological polar surface area (TPSA) is 81.4 Å². The molecule has 0 bridgehead atoms. The number of benzene rings is 1. The number of aliphatic carboxylic acids is 1. The van der Waals surface area contributed by atoms with Gasteiger partial charge >= 0.3 is 5.97 Å². The first-order valence-electron chi connectivity index (χ1n) is 9.27. The van der Waals surface area contributed by atoms with Crippen molar-refractivity contribution in [3.05, 3.63) is 44.8 Å². The fourth-order valence-corrected chi connectivity index (χ4v) is 4.56. The van der Waals surface area contributed by atoms with Crippen LogP contribution in [-0.2, 0) is 17.8 Å². The Bertz CT molecular complexity index is 1100. The van der Waals surface area contributed by atoms with Crippen LogP contribution in [0.3, 0.4) is 0 Å². The SMILES string of the molecule is CCc1nc2sc(C)c(-c3ccc(OC)c(C)c3)c2c(=O)n1CCCC(=O)O. The number of carboxylic acids is 1. The van der Waals surface area contributed by atoms with Gasteiger partial charge in [-0.05, 0) is 43.5 Å². The molecule has 6 nitrogen and oxygen atoms in total. The maximum atomic E-state index is 13.4. The minimum atomic E-state index is -0.860. The number of rotatable bonds is 7. The molecule has 1 aromatic carbocycles. The van der Waals surface area contributed by atoms with E-state index in [2.05, 4.69) is 0 Å². The van der Waals surface area contributed by atoms with Crippen molar-refractivity contribution in [1.82, 2.24) is 9.55 Å². The molecule has 0 aliphatic rings. The molecule has 0 aliphatic heterocycles. The van der Waals surface area contributed by atoms with Crippen LogP contribution in [0.5, 0.6) is 5.75 Å². The van der Waals surface area contributed by atoms with E-state index in [1.807, 2.05) is 39.0 Å². The van der Waals surface area contributed by atoms with E-state index in [1.54, 1.807) is 11.7 Å². The molecule has 2 heterocycles. The summed E-state index contributed by atoms with van der Waals surface area (Å²) in [4.78, 5) is 30.7. The smallest absolute Gasteiger partial charge is 0.303 e. The molecule has 0 amide bonds. The van der Waals surface area contributed by atoms with Crippen molar-refractivity contribution in [2.24, 2.45) is 0 Å². The Morgan fingerprint density at radius 2 is 2.07 bits per heavy atom. The molecule has 28 heavy (non-hydrogen) atoms. The maximum absolute atomic E-state index is 13.4. The molecular formula is C21H24N2O4S. The molecule has 3 rings (SSSR count). The molecule has 7 heteroatoms. The van der Waals surface area contributed by atoms with Gasteiger partial charge in [0.2, 0.25) is 0 Å². The van der Waals surface area contributed by atoms with E-state index in [4.69, 9.17) is 14.8 Å². The van der Waals surface area contributed by atoms with Crippen molar-refractivity contribution < 1.29 is 14.6 Å². The lowest BCUT2D eigenvalue weighted by Gasteiger charge is -2.12. The Morgan fingerprint density at radius 3 is 2.68 bits per heavy atom. The summed E-state index contributed by atoms with van der Waals surface area (Å²) in [6, 6.07) is 5.89. The molecular weight excluding hydrogens is 376 g/mol. The van der Waals surface area contributed by atoms with Crippen LogP contribution in [0.2, 0.25) is 0 Å². The lowest BCUT2D eigenvalue weighted by Crippen LogP contribution is -2.25. The number of fused-ring (bicyclic) bond motifs is 1. The molecule has 0 atom stereocenters. The van der Waals surface area contributed by atoms with Crippen LogP contribution in [0.4, 0.5) is 0 Å². The Labute approximate surface area is 167 Å². The summed E-state index contributed by atoms with van der Waals surface area (Å²) in [5.74, 6) is 0.640. The normalized spacial score (nSPS) is 11.1. The van der Waals surface area contributed by atoms with E-state index in [0.29, 0.717) is 30.6 Å². The van der Waals surface area contributed by atoms with Gasteiger partial charge in [0.15, 0.2) is 0 Å². The quantitative estimate of drug-likeness (QED) is 0.643. The zero-order valence-corrected chi connectivity index (χ0v) is 17.4. The molecule has 148 valence electrons. The Hall–Kier alpha value is -2.67. The summed E-state index contributed by atoms with van der Waals surface area (Å²) in [7, 11) is 1.64. The summed E-state index contributed by atoms with van der Waals surface area (Å²) < 4.78 is 6.98. The fraction of sp³-hybridized carbons (Fsp3) is 0.381. The monoisotopic (exact) mass is 400 g/mol. The van der Waals surface area contributed by atoms with E-state index in [1.165, 1.54) is 11.3 Å². The van der Waals surface area contributed by atoms with Crippen LogP contribution in [0.25, 0.3) is 21.3 Å². The lowest BCUT2D eigenvalue weighted by atomic mass is 10.0. The summed E-state index contributed by atoms with van der Waals surface area (Å²) >= 11 is 1.52. The minimum Gasteiger partial charge on any atom is -0.496 e. The molecule has 0 saturated carbocycles. The molecule has 0 aliphatic carbocycles. The van der Waals surface area contributed by atoms with Crippen molar-refractivity contribution in [2.75, 3.05) is 7.11 Å². The van der Waals surface area contributed by atoms with Crippen LogP contribution in [0, 0.1) is 13.8 Å². The predicted molar refractivity (Wildman–Crippen MR) is 112 cm³/mol. The molecule has 0 spiro atoms. The molecule has 2 aromatic heterocycles. The minimum absolute atomic E-state index is 0.0286. The fourth-order valence-electron chi connectivity index (χ4n) is 3.51. The van der Waals surface area contributed by atoms with Crippen molar-refractivity contribution in [3.8, 4) is 16.9 Å². The molecule has 0 unspecified atom stereocenters. The van der Waals surface area contributed by atoms with Crippen molar-refractivity contribution in [2.45, 2.75) is 46.6 Å². The first-order valence-corrected chi connectivity index (χ1v) is 10.1. The first kappa shape index (κ1) is 20.1. The summed E-state index contributed by atoms with van der Waals surface area (Å²) in [5.41, 5.74) is 2.76. The number of aryl methyl sites for hydroxylation is 3. The molecule has 0 radical (unpaired) electrons. The zero-order chi connectivity index (χ0) is 20.4. The number of methoxy groups -OCH3 is 1. The second-order valence-electron chi connectivity index (χ2n) is 6.73. The number of carboxylic acid groups (broad SMARTS) is 1. The van der Waals surface area contributed by atoms with E-state index >= 15 is 0 Å². The molecule has 1 N–H and O–H groups in total. The lowest BCUT2D eigenvalue weighted by molar-refractivity contribution is -0.137. The van der Waals surface area contributed by atoms with Crippen molar-refractivity contribution in [3.63, 3.8) is 0 Å². The Balaban J connectivity index is 2.19. The van der Waals surface area contributed by atoms with E-state index in [0.717, 1.165) is 32.1 Å². The number of carbonyl (C=O) groups is 1. The zero-order valence-electron chi connectivity index (χ0n) is 16.5. The van der Waals surface area contributed by atoms with Crippen molar-refractivity contribution in [1.29, 1.82) is 0 Å². The van der Waals surface area contributed by atoms with Gasteiger partial charge in [0.25, 0.3) is 5.56 Å². The van der Waals surface area contributed by atoms with Gasteiger partial charge in [-0.3, -0.25) is 14.2 Å². The average molecular weight is 401 g/mol. The second-order valence-corrected chi connectivity index (χ2v) is 7.94. The molecule has 3 aromatic rings. The maximum Gasteiger partial charge on any atom is 0.303 e. The van der Waals surface area contributed by atoms with Crippen LogP contribution >= 0.6 is 11.3 Å². The summed E-state index contributed by atoms with van der Waals surface area (Å²) in [6.07, 6.45) is 1.04. The Kier molecular flexibility index (Phi) is 5.84. The van der Waals surface area contributed by atoms with Gasteiger partial charge in [-0.25, -0.2) is 4.98 Å². The first-order chi connectivity index (χ1) is 13.4. The summed E-state index contributed by atoms with van der Waals surface area (Å²) in [5, 5.41) is 9.52. The van der Waals surface area contributed by atoms with E-state index in [-0.39, 0.29) is 12.0 Å². The van der Waals surface area contributed by atoms with E-state index < -0.39 is 5.97 Å². The van der Waals surface area contributed by atoms with Crippen molar-refractivity contribution >= 4 is 27.5 Å². The van der Waals surface area contributed by atoms with Gasteiger partial charge in [-0.1, -0.05) is 13.0 Å². The highest BCUT2D eigenvalue weighted by molar-refractivity contribution is 7.19. The van der Waals surface area contributed by atoms with Gasteiger partial charge in [-0.2, -0.15) is 0 Å².